The number of pyridine rings is 1. The van der Waals surface area contributed by atoms with Crippen LogP contribution in [-0.2, 0) is 12.8 Å². The van der Waals surface area contributed by atoms with Crippen LogP contribution in [0.25, 0.3) is 16.6 Å². The van der Waals surface area contributed by atoms with Gasteiger partial charge in [-0.2, -0.15) is 4.98 Å². The van der Waals surface area contributed by atoms with Crippen molar-refractivity contribution in [2.75, 3.05) is 11.4 Å². The molecule has 8 heteroatoms. The Labute approximate surface area is 169 Å². The Morgan fingerprint density at radius 1 is 1.24 bits per heavy atom. The van der Waals surface area contributed by atoms with Gasteiger partial charge in [-0.25, -0.2) is 13.2 Å². The molecule has 1 aromatic carbocycles. The maximum absolute atomic E-state index is 13.5. The van der Waals surface area contributed by atoms with E-state index in [4.69, 9.17) is 16.0 Å². The van der Waals surface area contributed by atoms with E-state index in [-0.39, 0.29) is 12.1 Å². The molecule has 1 aliphatic carbocycles. The van der Waals surface area contributed by atoms with Crippen LogP contribution in [-0.4, -0.2) is 28.4 Å². The quantitative estimate of drug-likeness (QED) is 0.438. The van der Waals surface area contributed by atoms with Crippen molar-refractivity contribution in [1.82, 2.24) is 9.38 Å². The molecule has 0 spiro atoms. The Hall–Kier alpha value is -2.67. The van der Waals surface area contributed by atoms with Crippen molar-refractivity contribution < 1.29 is 17.6 Å². The van der Waals surface area contributed by atoms with E-state index in [0.717, 1.165) is 17.6 Å². The van der Waals surface area contributed by atoms with Gasteiger partial charge in [-0.1, -0.05) is 11.6 Å². The molecule has 150 valence electrons. The number of fused-ring (bicyclic) bond motifs is 4. The zero-order chi connectivity index (χ0) is 20.1. The molecule has 3 heterocycles. The van der Waals surface area contributed by atoms with E-state index in [1.165, 1.54) is 28.7 Å². The molecule has 0 saturated carbocycles. The number of rotatable bonds is 4. The third-order valence-electron chi connectivity index (χ3n) is 5.46. The molecule has 0 radical (unpaired) electrons. The SMILES string of the molecule is Fc1ccc2oc(N(CC(F)F)C3CCc4cc5ccc(Cl)cn5c4C3)nc2c1. The van der Waals surface area contributed by atoms with Crippen molar-refractivity contribution in [2.45, 2.75) is 31.7 Å². The molecule has 0 amide bonds. The van der Waals surface area contributed by atoms with Crippen molar-refractivity contribution in [1.29, 1.82) is 0 Å². The van der Waals surface area contributed by atoms with Gasteiger partial charge in [0.25, 0.3) is 12.4 Å². The van der Waals surface area contributed by atoms with Gasteiger partial charge in [0.15, 0.2) is 5.58 Å². The molecule has 1 atom stereocenters. The lowest BCUT2D eigenvalue weighted by atomic mass is 9.92. The maximum atomic E-state index is 13.5. The standard InChI is InChI=1S/C21H17ClF3N3O/c22-13-2-5-15-7-12-1-4-16(9-18(12)27(15)10-13)28(11-20(24)25)21-26-17-8-14(23)3-6-19(17)29-21/h2-3,5-8,10,16,20H,1,4,9,11H2. The molecule has 1 aliphatic rings. The topological polar surface area (TPSA) is 33.7 Å². The second-order valence-corrected chi connectivity index (χ2v) is 7.74. The molecule has 4 nitrogen and oxygen atoms in total. The lowest BCUT2D eigenvalue weighted by Crippen LogP contribution is -2.42. The first-order valence-electron chi connectivity index (χ1n) is 9.37. The van der Waals surface area contributed by atoms with Crippen LogP contribution in [0.3, 0.4) is 0 Å². The Morgan fingerprint density at radius 3 is 2.93 bits per heavy atom. The van der Waals surface area contributed by atoms with Crippen molar-refractivity contribution in [3.63, 3.8) is 0 Å². The van der Waals surface area contributed by atoms with Gasteiger partial charge < -0.3 is 13.7 Å². The van der Waals surface area contributed by atoms with E-state index in [1.807, 2.05) is 22.7 Å². The second kappa shape index (κ2) is 6.99. The van der Waals surface area contributed by atoms with Gasteiger partial charge >= 0.3 is 0 Å². The fraction of sp³-hybridized carbons (Fsp3) is 0.286. The Kier molecular flexibility index (Phi) is 4.42. The number of nitrogens with zero attached hydrogens (tertiary/aromatic N) is 3. The monoisotopic (exact) mass is 419 g/mol. The highest BCUT2D eigenvalue weighted by molar-refractivity contribution is 6.30. The number of alkyl halides is 2. The van der Waals surface area contributed by atoms with E-state index < -0.39 is 18.8 Å². The number of benzene rings is 1. The average molecular weight is 420 g/mol. The highest BCUT2D eigenvalue weighted by atomic mass is 35.5. The summed E-state index contributed by atoms with van der Waals surface area (Å²) >= 11 is 6.15. The first-order chi connectivity index (χ1) is 14.0. The molecule has 29 heavy (non-hydrogen) atoms. The molecule has 1 unspecified atom stereocenters. The zero-order valence-electron chi connectivity index (χ0n) is 15.3. The lowest BCUT2D eigenvalue weighted by molar-refractivity contribution is 0.149. The Morgan fingerprint density at radius 2 is 2.10 bits per heavy atom. The van der Waals surface area contributed by atoms with Gasteiger partial charge in [-0.3, -0.25) is 0 Å². The predicted octanol–water partition coefficient (Wildman–Crippen LogP) is 5.50. The van der Waals surface area contributed by atoms with Crippen LogP contribution in [0.2, 0.25) is 5.02 Å². The first kappa shape index (κ1) is 18.4. The largest absolute Gasteiger partial charge is 0.423 e. The smallest absolute Gasteiger partial charge is 0.298 e. The predicted molar refractivity (Wildman–Crippen MR) is 106 cm³/mol. The molecular formula is C21H17ClF3N3O. The molecule has 4 aromatic rings. The summed E-state index contributed by atoms with van der Waals surface area (Å²) < 4.78 is 48.0. The Bertz CT molecular complexity index is 1200. The molecule has 0 saturated heterocycles. The zero-order valence-corrected chi connectivity index (χ0v) is 16.0. The fourth-order valence-corrected chi connectivity index (χ4v) is 4.32. The van der Waals surface area contributed by atoms with Gasteiger partial charge in [0.2, 0.25) is 0 Å². The molecule has 0 aliphatic heterocycles. The van der Waals surface area contributed by atoms with Crippen LogP contribution in [0.4, 0.5) is 19.2 Å². The number of hydrogen-bond acceptors (Lipinski definition) is 3. The number of aromatic nitrogens is 2. The number of halogens is 4. The lowest BCUT2D eigenvalue weighted by Gasteiger charge is -2.33. The van der Waals surface area contributed by atoms with Crippen LogP contribution in [0.15, 0.2) is 47.0 Å². The van der Waals surface area contributed by atoms with E-state index in [2.05, 4.69) is 11.1 Å². The van der Waals surface area contributed by atoms with E-state index >= 15 is 0 Å². The summed E-state index contributed by atoms with van der Waals surface area (Å²) in [5.74, 6) is -0.448. The summed E-state index contributed by atoms with van der Waals surface area (Å²) in [6.45, 7) is -0.501. The minimum absolute atomic E-state index is 0.0956. The summed E-state index contributed by atoms with van der Waals surface area (Å²) in [6, 6.07) is 9.74. The summed E-state index contributed by atoms with van der Waals surface area (Å²) in [6.07, 6.45) is 1.30. The highest BCUT2D eigenvalue weighted by Crippen LogP contribution is 2.32. The average Bonchev–Trinajstić information content (AvgIpc) is 3.26. The molecular weight excluding hydrogens is 403 g/mol. The molecule has 5 rings (SSSR count). The number of aryl methyl sites for hydroxylation is 1. The van der Waals surface area contributed by atoms with E-state index in [9.17, 15) is 13.2 Å². The van der Waals surface area contributed by atoms with Crippen LogP contribution >= 0.6 is 11.6 Å². The van der Waals surface area contributed by atoms with E-state index in [1.54, 1.807) is 0 Å². The number of hydrogen-bond donors (Lipinski definition) is 0. The minimum Gasteiger partial charge on any atom is -0.423 e. The summed E-state index contributed by atoms with van der Waals surface area (Å²) in [4.78, 5) is 5.79. The van der Waals surface area contributed by atoms with Gasteiger partial charge in [-0.05, 0) is 48.7 Å². The summed E-state index contributed by atoms with van der Waals surface area (Å²) in [5.41, 5.74) is 3.96. The third-order valence-corrected chi connectivity index (χ3v) is 5.69. The third kappa shape index (κ3) is 3.33. The van der Waals surface area contributed by atoms with Crippen LogP contribution in [0.1, 0.15) is 17.7 Å². The molecule has 0 fully saturated rings. The molecule has 0 N–H and O–H groups in total. The van der Waals surface area contributed by atoms with E-state index in [0.29, 0.717) is 29.0 Å². The summed E-state index contributed by atoms with van der Waals surface area (Å²) in [7, 11) is 0. The first-order valence-corrected chi connectivity index (χ1v) is 9.75. The van der Waals surface area contributed by atoms with Crippen molar-refractivity contribution >= 4 is 34.2 Å². The number of anilines is 1. The number of oxazole rings is 1. The van der Waals surface area contributed by atoms with Crippen LogP contribution in [0.5, 0.6) is 0 Å². The summed E-state index contributed by atoms with van der Waals surface area (Å²) in [5, 5.41) is 0.614. The van der Waals surface area contributed by atoms with Crippen LogP contribution < -0.4 is 4.90 Å². The van der Waals surface area contributed by atoms with Crippen molar-refractivity contribution in [3.8, 4) is 0 Å². The Balaban J connectivity index is 1.53. The van der Waals surface area contributed by atoms with Crippen molar-refractivity contribution in [2.24, 2.45) is 0 Å². The maximum Gasteiger partial charge on any atom is 0.298 e. The van der Waals surface area contributed by atoms with Gasteiger partial charge in [-0.15, -0.1) is 0 Å². The second-order valence-electron chi connectivity index (χ2n) is 7.31. The molecule has 3 aromatic heterocycles. The highest BCUT2D eigenvalue weighted by Gasteiger charge is 2.31. The van der Waals surface area contributed by atoms with Gasteiger partial charge in [0.05, 0.1) is 11.6 Å². The van der Waals surface area contributed by atoms with Crippen molar-refractivity contribution in [3.05, 3.63) is 64.7 Å². The van der Waals surface area contributed by atoms with Gasteiger partial charge in [0, 0.05) is 35.9 Å². The van der Waals surface area contributed by atoms with Gasteiger partial charge in [0.1, 0.15) is 11.3 Å². The van der Waals surface area contributed by atoms with Crippen LogP contribution in [0, 0.1) is 5.82 Å². The molecule has 0 bridgehead atoms. The minimum atomic E-state index is -2.55. The normalized spacial score (nSPS) is 16.7. The fourth-order valence-electron chi connectivity index (χ4n) is 4.16.